The molecular weight excluding hydrogens is 372 g/mol. The molecule has 1 amide bonds. The van der Waals surface area contributed by atoms with Crippen LogP contribution in [0.1, 0.15) is 22.8 Å². The van der Waals surface area contributed by atoms with Gasteiger partial charge in [0.05, 0.1) is 5.56 Å². The van der Waals surface area contributed by atoms with Crippen LogP contribution >= 0.6 is 15.9 Å². The van der Waals surface area contributed by atoms with E-state index in [2.05, 4.69) is 15.9 Å². The van der Waals surface area contributed by atoms with Gasteiger partial charge in [-0.2, -0.15) is 0 Å². The number of halogens is 1. The van der Waals surface area contributed by atoms with Crippen LogP contribution in [0.5, 0.6) is 0 Å². The molecule has 0 bridgehead atoms. The Bertz CT molecular complexity index is 807. The van der Waals surface area contributed by atoms with Crippen LogP contribution in [-0.2, 0) is 16.0 Å². The third-order valence-corrected chi connectivity index (χ3v) is 4.51. The molecule has 0 spiro atoms. The quantitative estimate of drug-likeness (QED) is 0.647. The van der Waals surface area contributed by atoms with Crippen molar-refractivity contribution in [2.75, 3.05) is 17.2 Å². The van der Waals surface area contributed by atoms with E-state index in [4.69, 9.17) is 10.5 Å². The van der Waals surface area contributed by atoms with Crippen LogP contribution in [0.25, 0.3) is 0 Å². The van der Waals surface area contributed by atoms with Crippen molar-refractivity contribution in [2.45, 2.75) is 19.4 Å². The van der Waals surface area contributed by atoms with Gasteiger partial charge in [0.15, 0.2) is 6.10 Å². The molecule has 2 aromatic carbocycles. The smallest absolute Gasteiger partial charge is 0.341 e. The molecule has 3 rings (SSSR count). The van der Waals surface area contributed by atoms with Gasteiger partial charge < -0.3 is 15.4 Å². The number of nitrogens with two attached hydrogens (primary N) is 1. The maximum absolute atomic E-state index is 12.6. The van der Waals surface area contributed by atoms with E-state index in [-0.39, 0.29) is 11.5 Å². The lowest BCUT2D eigenvalue weighted by Crippen LogP contribution is -2.39. The predicted octanol–water partition coefficient (Wildman–Crippen LogP) is 3.17. The first-order valence-electron chi connectivity index (χ1n) is 7.62. The number of esters is 1. The molecule has 1 aliphatic heterocycles. The molecular formula is C18H17BrN2O3. The second-order valence-corrected chi connectivity index (χ2v) is 6.56. The summed E-state index contributed by atoms with van der Waals surface area (Å²) in [6.45, 7) is 2.18. The van der Waals surface area contributed by atoms with Crippen LogP contribution in [0, 0.1) is 0 Å². The number of nitrogen functional groups attached to an aromatic ring is 1. The first-order valence-corrected chi connectivity index (χ1v) is 8.42. The summed E-state index contributed by atoms with van der Waals surface area (Å²) in [6, 6.07) is 12.7. The van der Waals surface area contributed by atoms with Gasteiger partial charge >= 0.3 is 5.97 Å². The van der Waals surface area contributed by atoms with E-state index in [0.717, 1.165) is 22.1 Å². The van der Waals surface area contributed by atoms with Crippen molar-refractivity contribution in [1.82, 2.24) is 0 Å². The second-order valence-electron chi connectivity index (χ2n) is 5.65. The summed E-state index contributed by atoms with van der Waals surface area (Å²) in [5.74, 6) is -0.844. The number of carbonyl (C=O) groups is 2. The maximum Gasteiger partial charge on any atom is 0.341 e. The summed E-state index contributed by atoms with van der Waals surface area (Å²) in [6.07, 6.45) is -0.0803. The lowest BCUT2D eigenvalue weighted by molar-refractivity contribution is -0.126. The Morgan fingerprint density at radius 2 is 2.00 bits per heavy atom. The van der Waals surface area contributed by atoms with E-state index in [0.29, 0.717) is 12.2 Å². The van der Waals surface area contributed by atoms with Gasteiger partial charge in [0.2, 0.25) is 0 Å². The van der Waals surface area contributed by atoms with Crippen molar-refractivity contribution in [2.24, 2.45) is 0 Å². The lowest BCUT2D eigenvalue weighted by Gasteiger charge is -2.22. The fourth-order valence-corrected chi connectivity index (χ4v) is 3.13. The van der Waals surface area contributed by atoms with E-state index in [1.807, 2.05) is 24.3 Å². The fourth-order valence-electron chi connectivity index (χ4n) is 2.77. The number of fused-ring (bicyclic) bond motifs is 1. The Balaban J connectivity index is 1.73. The highest BCUT2D eigenvalue weighted by Gasteiger charge is 2.30. The zero-order valence-corrected chi connectivity index (χ0v) is 14.7. The number of ether oxygens (including phenoxy) is 1. The number of nitrogens with zero attached hydrogens (tertiary/aromatic N) is 1. The molecule has 0 radical (unpaired) electrons. The van der Waals surface area contributed by atoms with Crippen molar-refractivity contribution in [1.29, 1.82) is 0 Å². The fraction of sp³-hybridized carbons (Fsp3) is 0.222. The largest absolute Gasteiger partial charge is 0.449 e. The van der Waals surface area contributed by atoms with Crippen molar-refractivity contribution in [3.05, 3.63) is 58.1 Å². The van der Waals surface area contributed by atoms with Gasteiger partial charge in [-0.25, -0.2) is 4.79 Å². The first-order chi connectivity index (χ1) is 11.5. The molecule has 2 aromatic rings. The third kappa shape index (κ3) is 3.14. The zero-order chi connectivity index (χ0) is 17.3. The lowest BCUT2D eigenvalue weighted by atomic mass is 10.2. The van der Waals surface area contributed by atoms with Crippen molar-refractivity contribution in [3.8, 4) is 0 Å². The predicted molar refractivity (Wildman–Crippen MR) is 95.9 cm³/mol. The number of benzene rings is 2. The van der Waals surface area contributed by atoms with Crippen molar-refractivity contribution < 1.29 is 14.3 Å². The summed E-state index contributed by atoms with van der Waals surface area (Å²) in [7, 11) is 0. The minimum absolute atomic E-state index is 0.234. The second kappa shape index (κ2) is 6.65. The molecule has 5 nitrogen and oxygen atoms in total. The van der Waals surface area contributed by atoms with Crippen LogP contribution in [0.4, 0.5) is 11.4 Å². The van der Waals surface area contributed by atoms with E-state index in [9.17, 15) is 9.59 Å². The van der Waals surface area contributed by atoms with E-state index in [1.54, 1.807) is 30.0 Å². The highest BCUT2D eigenvalue weighted by Crippen LogP contribution is 2.28. The number of carbonyl (C=O) groups excluding carboxylic acids is 2. The number of hydrogen-bond donors (Lipinski definition) is 1. The molecule has 1 aliphatic rings. The van der Waals surface area contributed by atoms with Gasteiger partial charge in [-0.1, -0.05) is 34.1 Å². The maximum atomic E-state index is 12.6. The monoisotopic (exact) mass is 388 g/mol. The Morgan fingerprint density at radius 3 is 2.79 bits per heavy atom. The van der Waals surface area contributed by atoms with E-state index < -0.39 is 12.1 Å². The average Bonchev–Trinajstić information content (AvgIpc) is 3.00. The summed E-state index contributed by atoms with van der Waals surface area (Å²) in [4.78, 5) is 26.6. The molecule has 1 unspecified atom stereocenters. The normalized spacial score (nSPS) is 14.2. The van der Waals surface area contributed by atoms with Crippen LogP contribution in [0.2, 0.25) is 0 Å². The number of para-hydroxylation sites is 1. The minimum Gasteiger partial charge on any atom is -0.449 e. The third-order valence-electron chi connectivity index (χ3n) is 4.02. The summed E-state index contributed by atoms with van der Waals surface area (Å²) >= 11 is 3.29. The number of amides is 1. The van der Waals surface area contributed by atoms with Crippen molar-refractivity contribution in [3.63, 3.8) is 0 Å². The molecule has 0 fully saturated rings. The van der Waals surface area contributed by atoms with Gasteiger partial charge in [-0.3, -0.25) is 4.79 Å². The summed E-state index contributed by atoms with van der Waals surface area (Å²) in [5, 5.41) is 0. The number of hydrogen-bond acceptors (Lipinski definition) is 4. The average molecular weight is 389 g/mol. The molecule has 2 N–H and O–H groups in total. The molecule has 0 aromatic heterocycles. The van der Waals surface area contributed by atoms with Gasteiger partial charge in [-0.05, 0) is 43.2 Å². The Hall–Kier alpha value is -2.34. The number of rotatable bonds is 3. The van der Waals surface area contributed by atoms with Gasteiger partial charge in [0, 0.05) is 22.4 Å². The van der Waals surface area contributed by atoms with Gasteiger partial charge in [0.25, 0.3) is 5.91 Å². The van der Waals surface area contributed by atoms with Crippen molar-refractivity contribution >= 4 is 39.2 Å². The molecule has 0 saturated carbocycles. The van der Waals surface area contributed by atoms with Crippen LogP contribution in [-0.4, -0.2) is 24.5 Å². The van der Waals surface area contributed by atoms with Gasteiger partial charge in [0.1, 0.15) is 0 Å². The van der Waals surface area contributed by atoms with Crippen LogP contribution in [0.3, 0.4) is 0 Å². The Labute approximate surface area is 148 Å². The molecule has 24 heavy (non-hydrogen) atoms. The molecule has 6 heteroatoms. The topological polar surface area (TPSA) is 72.6 Å². The highest BCUT2D eigenvalue weighted by atomic mass is 79.9. The molecule has 124 valence electrons. The Morgan fingerprint density at radius 1 is 1.25 bits per heavy atom. The van der Waals surface area contributed by atoms with Crippen LogP contribution < -0.4 is 10.6 Å². The molecule has 1 heterocycles. The standard InChI is InChI=1S/C18H17BrN2O3/c1-11(24-18(23)14-10-13(19)6-7-15(14)20)17(22)21-9-8-12-4-2-3-5-16(12)21/h2-7,10-11H,8-9,20H2,1H3. The minimum atomic E-state index is -0.887. The zero-order valence-electron chi connectivity index (χ0n) is 13.2. The molecule has 1 atom stereocenters. The molecule has 0 aliphatic carbocycles. The van der Waals surface area contributed by atoms with E-state index >= 15 is 0 Å². The SMILES string of the molecule is CC(OC(=O)c1cc(Br)ccc1N)C(=O)N1CCc2ccccc21. The summed E-state index contributed by atoms with van der Waals surface area (Å²) < 4.78 is 6.05. The first kappa shape index (κ1) is 16.5. The highest BCUT2D eigenvalue weighted by molar-refractivity contribution is 9.10. The number of anilines is 2. The van der Waals surface area contributed by atoms with Crippen LogP contribution in [0.15, 0.2) is 46.9 Å². The molecule has 0 saturated heterocycles. The Kier molecular flexibility index (Phi) is 4.57. The van der Waals surface area contributed by atoms with Gasteiger partial charge in [-0.15, -0.1) is 0 Å². The van der Waals surface area contributed by atoms with E-state index in [1.165, 1.54) is 0 Å². The summed E-state index contributed by atoms with van der Waals surface area (Å²) in [5.41, 5.74) is 8.37.